The van der Waals surface area contributed by atoms with Crippen molar-refractivity contribution in [1.82, 2.24) is 9.97 Å². The van der Waals surface area contributed by atoms with Gasteiger partial charge in [-0.25, -0.2) is 13.4 Å². The summed E-state index contributed by atoms with van der Waals surface area (Å²) < 4.78 is 23.8. The van der Waals surface area contributed by atoms with E-state index >= 15 is 0 Å². The van der Waals surface area contributed by atoms with Gasteiger partial charge in [-0.3, -0.25) is 9.78 Å². The smallest absolute Gasteiger partial charge is 0.233 e. The van der Waals surface area contributed by atoms with Crippen LogP contribution in [0.15, 0.2) is 35.5 Å². The topological polar surface area (TPSA) is 129 Å². The number of aliphatic hydroxyl groups is 2. The van der Waals surface area contributed by atoms with Gasteiger partial charge in [0.15, 0.2) is 15.7 Å². The summed E-state index contributed by atoms with van der Waals surface area (Å²) in [6.45, 7) is 2.92. The van der Waals surface area contributed by atoms with E-state index in [9.17, 15) is 23.4 Å². The molecule has 1 aliphatic rings. The highest BCUT2D eigenvalue weighted by atomic mass is 35.5. The van der Waals surface area contributed by atoms with Crippen molar-refractivity contribution in [3.63, 3.8) is 0 Å². The number of hydrogen-bond acceptors (Lipinski definition) is 7. The molecular weight excluding hydrogens is 466 g/mol. The van der Waals surface area contributed by atoms with Crippen LogP contribution in [-0.2, 0) is 14.6 Å². The molecule has 1 aromatic heterocycles. The number of rotatable bonds is 8. The minimum atomic E-state index is -3.48. The van der Waals surface area contributed by atoms with Crippen LogP contribution in [0.25, 0.3) is 0 Å². The van der Waals surface area contributed by atoms with Crippen molar-refractivity contribution < 1.29 is 23.4 Å². The standard InChI is InChI=1S/C23H30ClN3O5S/c1-23(2,30)21(28)18-12-26-20(13-25-18)27-22(29)16(10-14-6-4-5-7-14)15-8-9-19(17(24)11-15)33(3,31)32/h8-9,11-14,16,21,28,30H,4-7,10H2,1-3H3,(H,26,27,29)/t16-,21-/m1/s1. The fourth-order valence-electron chi connectivity index (χ4n) is 4.13. The number of amides is 1. The SMILES string of the molecule is CC(C)(O)[C@H](O)c1cnc(NC(=O)[C@H](CC2CCCC2)c2ccc(S(C)(=O)=O)c(Cl)c2)cn1. The van der Waals surface area contributed by atoms with E-state index in [0.29, 0.717) is 17.9 Å². The average molecular weight is 496 g/mol. The predicted molar refractivity (Wildman–Crippen MR) is 126 cm³/mol. The van der Waals surface area contributed by atoms with Crippen LogP contribution in [-0.4, -0.2) is 46.4 Å². The molecule has 0 radical (unpaired) electrons. The predicted octanol–water partition coefficient (Wildman–Crippen LogP) is 3.64. The molecule has 1 aromatic carbocycles. The van der Waals surface area contributed by atoms with Gasteiger partial charge in [-0.05, 0) is 43.9 Å². The second-order valence-corrected chi connectivity index (χ2v) is 11.7. The number of aliphatic hydroxyl groups excluding tert-OH is 1. The first-order valence-corrected chi connectivity index (χ1v) is 13.2. The first-order valence-electron chi connectivity index (χ1n) is 10.9. The van der Waals surface area contributed by atoms with E-state index in [1.54, 1.807) is 12.1 Å². The maximum atomic E-state index is 13.2. The van der Waals surface area contributed by atoms with Crippen LogP contribution >= 0.6 is 11.6 Å². The largest absolute Gasteiger partial charge is 0.387 e. The minimum Gasteiger partial charge on any atom is -0.387 e. The Hall–Kier alpha value is -2.07. The zero-order valence-electron chi connectivity index (χ0n) is 19.0. The Morgan fingerprint density at radius 1 is 1.24 bits per heavy atom. The van der Waals surface area contributed by atoms with Crippen LogP contribution in [0.3, 0.4) is 0 Å². The van der Waals surface area contributed by atoms with Crippen molar-refractivity contribution in [1.29, 1.82) is 0 Å². The molecule has 0 unspecified atom stereocenters. The first-order chi connectivity index (χ1) is 15.4. The summed E-state index contributed by atoms with van der Waals surface area (Å²) in [5.41, 5.74) is -0.562. The van der Waals surface area contributed by atoms with Gasteiger partial charge in [-0.2, -0.15) is 0 Å². The van der Waals surface area contributed by atoms with Crippen molar-refractivity contribution in [2.24, 2.45) is 5.92 Å². The van der Waals surface area contributed by atoms with Crippen molar-refractivity contribution in [3.05, 3.63) is 46.9 Å². The van der Waals surface area contributed by atoms with E-state index in [0.717, 1.165) is 31.9 Å². The third kappa shape index (κ3) is 6.50. The summed E-state index contributed by atoms with van der Waals surface area (Å²) in [7, 11) is -3.48. The molecule has 3 rings (SSSR count). The lowest BCUT2D eigenvalue weighted by Crippen LogP contribution is -2.29. The molecule has 0 aliphatic heterocycles. The molecule has 1 fully saturated rings. The van der Waals surface area contributed by atoms with E-state index in [1.165, 1.54) is 32.3 Å². The molecule has 0 bridgehead atoms. The average Bonchev–Trinajstić information content (AvgIpc) is 3.23. The molecule has 0 spiro atoms. The Kier molecular flexibility index (Phi) is 7.78. The maximum absolute atomic E-state index is 13.2. The van der Waals surface area contributed by atoms with Crippen molar-refractivity contribution in [3.8, 4) is 0 Å². The fourth-order valence-corrected chi connectivity index (χ4v) is 5.47. The number of carbonyl (C=O) groups excluding carboxylic acids is 1. The highest BCUT2D eigenvalue weighted by Gasteiger charge is 2.29. The number of aromatic nitrogens is 2. The molecule has 1 amide bonds. The molecule has 3 N–H and O–H groups in total. The Morgan fingerprint density at radius 2 is 1.91 bits per heavy atom. The molecule has 0 saturated heterocycles. The van der Waals surface area contributed by atoms with Crippen LogP contribution < -0.4 is 5.32 Å². The Morgan fingerprint density at radius 3 is 2.42 bits per heavy atom. The van der Waals surface area contributed by atoms with Gasteiger partial charge in [0.25, 0.3) is 0 Å². The van der Waals surface area contributed by atoms with E-state index < -0.39 is 27.5 Å². The van der Waals surface area contributed by atoms with Crippen LogP contribution in [0.2, 0.25) is 5.02 Å². The summed E-state index contributed by atoms with van der Waals surface area (Å²) in [4.78, 5) is 21.5. The van der Waals surface area contributed by atoms with Crippen LogP contribution in [0.5, 0.6) is 0 Å². The van der Waals surface area contributed by atoms with Crippen LogP contribution in [0.1, 0.15) is 69.2 Å². The summed E-state index contributed by atoms with van der Waals surface area (Å²) in [6.07, 6.45) is 7.46. The summed E-state index contributed by atoms with van der Waals surface area (Å²) in [5.74, 6) is -0.232. The monoisotopic (exact) mass is 495 g/mol. The van der Waals surface area contributed by atoms with Crippen molar-refractivity contribution >= 4 is 33.2 Å². The van der Waals surface area contributed by atoms with Crippen molar-refractivity contribution in [2.75, 3.05) is 11.6 Å². The second-order valence-electron chi connectivity index (χ2n) is 9.27. The van der Waals surface area contributed by atoms with E-state index in [2.05, 4.69) is 15.3 Å². The van der Waals surface area contributed by atoms with Crippen LogP contribution in [0.4, 0.5) is 5.82 Å². The quantitative estimate of drug-likeness (QED) is 0.509. The highest BCUT2D eigenvalue weighted by molar-refractivity contribution is 7.90. The molecule has 8 nitrogen and oxygen atoms in total. The molecule has 2 atom stereocenters. The lowest BCUT2D eigenvalue weighted by molar-refractivity contribution is -0.118. The molecule has 1 aliphatic carbocycles. The van der Waals surface area contributed by atoms with Gasteiger partial charge in [0.1, 0.15) is 6.10 Å². The number of sulfone groups is 1. The third-order valence-electron chi connectivity index (χ3n) is 5.99. The molecule has 180 valence electrons. The Balaban J connectivity index is 1.84. The number of halogens is 1. The first kappa shape index (κ1) is 25.6. The number of carbonyl (C=O) groups is 1. The lowest BCUT2D eigenvalue weighted by Gasteiger charge is -2.24. The molecule has 2 aromatic rings. The number of hydrogen-bond donors (Lipinski definition) is 3. The van der Waals surface area contributed by atoms with Gasteiger partial charge in [0.2, 0.25) is 5.91 Å². The van der Waals surface area contributed by atoms with Gasteiger partial charge in [-0.15, -0.1) is 0 Å². The van der Waals surface area contributed by atoms with E-state index in [-0.39, 0.29) is 27.3 Å². The van der Waals surface area contributed by atoms with Gasteiger partial charge in [0.05, 0.1) is 39.5 Å². The maximum Gasteiger partial charge on any atom is 0.233 e. The molecule has 10 heteroatoms. The summed E-state index contributed by atoms with van der Waals surface area (Å²) >= 11 is 6.25. The van der Waals surface area contributed by atoms with Gasteiger partial charge in [0, 0.05) is 6.26 Å². The van der Waals surface area contributed by atoms with Gasteiger partial charge >= 0.3 is 0 Å². The summed E-state index contributed by atoms with van der Waals surface area (Å²) in [5, 5.41) is 22.9. The van der Waals surface area contributed by atoms with E-state index in [4.69, 9.17) is 11.6 Å². The minimum absolute atomic E-state index is 0.0276. The fraction of sp³-hybridized carbons (Fsp3) is 0.522. The van der Waals surface area contributed by atoms with Gasteiger partial charge < -0.3 is 15.5 Å². The molecule has 1 saturated carbocycles. The Bertz CT molecular complexity index is 1090. The zero-order valence-corrected chi connectivity index (χ0v) is 20.5. The normalized spacial score (nSPS) is 17.0. The van der Waals surface area contributed by atoms with E-state index in [1.807, 2.05) is 0 Å². The number of nitrogens with zero attached hydrogens (tertiary/aromatic N) is 2. The molecule has 33 heavy (non-hydrogen) atoms. The zero-order chi connectivity index (χ0) is 24.4. The third-order valence-corrected chi connectivity index (χ3v) is 7.57. The Labute approximate surface area is 199 Å². The highest BCUT2D eigenvalue weighted by Crippen LogP contribution is 2.36. The number of benzene rings is 1. The second kappa shape index (κ2) is 10.0. The number of nitrogens with one attached hydrogen (secondary N) is 1. The van der Waals surface area contributed by atoms with Gasteiger partial charge in [-0.1, -0.05) is 43.4 Å². The molecular formula is C23H30ClN3O5S. The van der Waals surface area contributed by atoms with Crippen molar-refractivity contribution in [2.45, 2.75) is 68.5 Å². The summed E-state index contributed by atoms with van der Waals surface area (Å²) in [6, 6.07) is 4.62. The molecule has 1 heterocycles. The lowest BCUT2D eigenvalue weighted by atomic mass is 9.87. The van der Waals surface area contributed by atoms with Crippen LogP contribution in [0, 0.1) is 5.92 Å². The number of anilines is 1.